The van der Waals surface area contributed by atoms with Gasteiger partial charge in [0.2, 0.25) is 0 Å². The molecule has 0 aromatic carbocycles. The van der Waals surface area contributed by atoms with E-state index in [4.69, 9.17) is 0 Å². The molecule has 3 atom stereocenters. The molecule has 1 N–H and O–H groups in total. The highest BCUT2D eigenvalue weighted by molar-refractivity contribution is 4.89. The van der Waals surface area contributed by atoms with Gasteiger partial charge < -0.3 is 5.32 Å². The Kier molecular flexibility index (Phi) is 6.82. The Morgan fingerprint density at radius 3 is 2.16 bits per heavy atom. The third kappa shape index (κ3) is 4.46. The Morgan fingerprint density at radius 2 is 1.68 bits per heavy atom. The van der Waals surface area contributed by atoms with Crippen LogP contribution < -0.4 is 5.32 Å². The van der Waals surface area contributed by atoms with Crippen molar-refractivity contribution in [2.45, 2.75) is 67.0 Å². The van der Waals surface area contributed by atoms with E-state index in [1.807, 2.05) is 0 Å². The fourth-order valence-electron chi connectivity index (χ4n) is 3.71. The second kappa shape index (κ2) is 7.64. The monoisotopic (exact) mass is 268 g/mol. The largest absolute Gasteiger partial charge is 0.314 e. The minimum absolute atomic E-state index is 0.706. The normalized spacial score (nSPS) is 29.7. The zero-order valence-electron chi connectivity index (χ0n) is 14.2. The van der Waals surface area contributed by atoms with Crippen LogP contribution in [0.25, 0.3) is 0 Å². The second-order valence-electron chi connectivity index (χ2n) is 7.20. The number of hydrogen-bond acceptors (Lipinski definition) is 2. The van der Waals surface area contributed by atoms with E-state index < -0.39 is 0 Å². The summed E-state index contributed by atoms with van der Waals surface area (Å²) in [5.41, 5.74) is 0. The van der Waals surface area contributed by atoms with Crippen molar-refractivity contribution in [2.24, 2.45) is 23.7 Å². The van der Waals surface area contributed by atoms with E-state index in [9.17, 15) is 0 Å². The zero-order valence-corrected chi connectivity index (χ0v) is 14.2. The second-order valence-corrected chi connectivity index (χ2v) is 7.20. The van der Waals surface area contributed by atoms with Crippen LogP contribution in [0.1, 0.15) is 54.9 Å². The molecule has 2 nitrogen and oxygen atoms in total. The standard InChI is InChI=1S/C17H36N2/c1-8-18-17-9-10-19(15(7)14(17)6)11-16(12(2)3)13(4)5/h12-18H,8-11H2,1-7H3. The van der Waals surface area contributed by atoms with Crippen LogP contribution in [0.3, 0.4) is 0 Å². The van der Waals surface area contributed by atoms with Gasteiger partial charge in [0.1, 0.15) is 0 Å². The van der Waals surface area contributed by atoms with Gasteiger partial charge in [0, 0.05) is 18.6 Å². The summed E-state index contributed by atoms with van der Waals surface area (Å²) in [6.07, 6.45) is 1.31. The quantitative estimate of drug-likeness (QED) is 0.791. The molecule has 1 rings (SSSR count). The fourth-order valence-corrected chi connectivity index (χ4v) is 3.71. The maximum Gasteiger partial charge on any atom is 0.0120 e. The number of hydrogen-bond donors (Lipinski definition) is 1. The van der Waals surface area contributed by atoms with Gasteiger partial charge in [-0.15, -0.1) is 0 Å². The Balaban J connectivity index is 2.60. The van der Waals surface area contributed by atoms with Crippen LogP contribution >= 0.6 is 0 Å². The first-order chi connectivity index (χ1) is 8.88. The van der Waals surface area contributed by atoms with Gasteiger partial charge in [-0.2, -0.15) is 0 Å². The summed E-state index contributed by atoms with van der Waals surface area (Å²) in [6, 6.07) is 1.42. The molecule has 19 heavy (non-hydrogen) atoms. The number of nitrogens with zero attached hydrogens (tertiary/aromatic N) is 1. The topological polar surface area (TPSA) is 15.3 Å². The summed E-state index contributed by atoms with van der Waals surface area (Å²) in [7, 11) is 0. The highest BCUT2D eigenvalue weighted by Gasteiger charge is 2.33. The molecule has 1 fully saturated rings. The molecule has 0 aromatic rings. The van der Waals surface area contributed by atoms with E-state index >= 15 is 0 Å². The average Bonchev–Trinajstić information content (AvgIpc) is 2.33. The molecule has 1 aliphatic heterocycles. The molecule has 1 aliphatic rings. The van der Waals surface area contributed by atoms with Gasteiger partial charge in [-0.3, -0.25) is 4.90 Å². The predicted octanol–water partition coefficient (Wildman–Crippen LogP) is 3.62. The molecule has 2 heteroatoms. The lowest BCUT2D eigenvalue weighted by Crippen LogP contribution is -2.54. The molecule has 114 valence electrons. The first-order valence-corrected chi connectivity index (χ1v) is 8.35. The smallest absolute Gasteiger partial charge is 0.0120 e. The average molecular weight is 268 g/mol. The van der Waals surface area contributed by atoms with Crippen molar-refractivity contribution < 1.29 is 0 Å². The molecule has 0 bridgehead atoms. The minimum Gasteiger partial charge on any atom is -0.314 e. The predicted molar refractivity (Wildman–Crippen MR) is 85.4 cm³/mol. The molecule has 0 aliphatic carbocycles. The summed E-state index contributed by atoms with van der Waals surface area (Å²) in [5, 5.41) is 3.66. The molecule has 1 heterocycles. The lowest BCUT2D eigenvalue weighted by Gasteiger charge is -2.45. The first-order valence-electron chi connectivity index (χ1n) is 8.35. The molecule has 3 unspecified atom stereocenters. The maximum atomic E-state index is 3.66. The highest BCUT2D eigenvalue weighted by atomic mass is 15.2. The fraction of sp³-hybridized carbons (Fsp3) is 1.00. The Hall–Kier alpha value is -0.0800. The van der Waals surface area contributed by atoms with Crippen molar-refractivity contribution in [3.05, 3.63) is 0 Å². The van der Waals surface area contributed by atoms with Gasteiger partial charge in [-0.25, -0.2) is 0 Å². The SMILES string of the molecule is CCNC1CCN(CC(C(C)C)C(C)C)C(C)C1C. The Bertz CT molecular complexity index is 242. The summed E-state index contributed by atoms with van der Waals surface area (Å²) < 4.78 is 0. The van der Waals surface area contributed by atoms with Crippen LogP contribution in [0.15, 0.2) is 0 Å². The van der Waals surface area contributed by atoms with Crippen molar-refractivity contribution in [2.75, 3.05) is 19.6 Å². The summed E-state index contributed by atoms with van der Waals surface area (Å²) in [5.74, 6) is 3.15. The van der Waals surface area contributed by atoms with Crippen molar-refractivity contribution in [3.8, 4) is 0 Å². The van der Waals surface area contributed by atoms with E-state index in [-0.39, 0.29) is 0 Å². The summed E-state index contributed by atoms with van der Waals surface area (Å²) >= 11 is 0. The van der Waals surface area contributed by atoms with Crippen molar-refractivity contribution in [1.29, 1.82) is 0 Å². The van der Waals surface area contributed by atoms with Crippen molar-refractivity contribution in [1.82, 2.24) is 10.2 Å². The lowest BCUT2D eigenvalue weighted by atomic mass is 9.82. The van der Waals surface area contributed by atoms with Crippen molar-refractivity contribution >= 4 is 0 Å². The van der Waals surface area contributed by atoms with Crippen LogP contribution in [0, 0.1) is 23.7 Å². The number of rotatable bonds is 6. The van der Waals surface area contributed by atoms with E-state index in [2.05, 4.69) is 58.7 Å². The van der Waals surface area contributed by atoms with E-state index in [1.54, 1.807) is 0 Å². The van der Waals surface area contributed by atoms with E-state index in [1.165, 1.54) is 19.5 Å². The van der Waals surface area contributed by atoms with Gasteiger partial charge in [0.25, 0.3) is 0 Å². The van der Waals surface area contributed by atoms with Crippen LogP contribution in [0.5, 0.6) is 0 Å². The van der Waals surface area contributed by atoms with Crippen LogP contribution in [0.2, 0.25) is 0 Å². The minimum atomic E-state index is 0.706. The maximum absolute atomic E-state index is 3.66. The summed E-state index contributed by atoms with van der Waals surface area (Å²) in [6.45, 7) is 20.2. The number of piperidine rings is 1. The Labute approximate surface area is 121 Å². The van der Waals surface area contributed by atoms with Gasteiger partial charge >= 0.3 is 0 Å². The molecule has 0 amide bonds. The van der Waals surface area contributed by atoms with E-state index in [0.717, 1.165) is 30.2 Å². The molecular weight excluding hydrogens is 232 g/mol. The molecule has 0 radical (unpaired) electrons. The molecule has 0 aromatic heterocycles. The highest BCUT2D eigenvalue weighted by Crippen LogP contribution is 2.28. The first kappa shape index (κ1) is 17.0. The van der Waals surface area contributed by atoms with Crippen LogP contribution in [-0.4, -0.2) is 36.6 Å². The van der Waals surface area contributed by atoms with Crippen LogP contribution in [0.4, 0.5) is 0 Å². The third-order valence-corrected chi connectivity index (χ3v) is 5.32. The van der Waals surface area contributed by atoms with Gasteiger partial charge in [-0.1, -0.05) is 41.5 Å². The molecule has 0 saturated carbocycles. The van der Waals surface area contributed by atoms with Gasteiger partial charge in [-0.05, 0) is 50.1 Å². The molecular formula is C17H36N2. The Morgan fingerprint density at radius 1 is 1.11 bits per heavy atom. The van der Waals surface area contributed by atoms with Gasteiger partial charge in [0.05, 0.1) is 0 Å². The van der Waals surface area contributed by atoms with E-state index in [0.29, 0.717) is 12.1 Å². The number of nitrogens with one attached hydrogen (secondary N) is 1. The number of likely N-dealkylation sites (tertiary alicyclic amines) is 1. The molecule has 0 spiro atoms. The van der Waals surface area contributed by atoms with Crippen molar-refractivity contribution in [3.63, 3.8) is 0 Å². The molecule has 1 saturated heterocycles. The zero-order chi connectivity index (χ0) is 14.6. The summed E-state index contributed by atoms with van der Waals surface area (Å²) in [4.78, 5) is 2.74. The lowest BCUT2D eigenvalue weighted by molar-refractivity contribution is 0.0532. The van der Waals surface area contributed by atoms with Crippen LogP contribution in [-0.2, 0) is 0 Å². The van der Waals surface area contributed by atoms with Gasteiger partial charge in [0.15, 0.2) is 0 Å². The third-order valence-electron chi connectivity index (χ3n) is 5.32.